The molecule has 0 aliphatic carbocycles. The second-order valence-electron chi connectivity index (χ2n) is 5.38. The van der Waals surface area contributed by atoms with E-state index in [4.69, 9.17) is 4.74 Å². The number of methoxy groups -OCH3 is 1. The van der Waals surface area contributed by atoms with Crippen molar-refractivity contribution in [3.8, 4) is 5.88 Å². The lowest BCUT2D eigenvalue weighted by molar-refractivity contribution is 0.393. The third-order valence-corrected chi connectivity index (χ3v) is 3.23. The molecule has 1 heterocycles. The zero-order chi connectivity index (χ0) is 14.1. The van der Waals surface area contributed by atoms with Gasteiger partial charge in [-0.05, 0) is 19.3 Å². The Bertz CT molecular complexity index is 366. The lowest BCUT2D eigenvalue weighted by Gasteiger charge is -2.10. The van der Waals surface area contributed by atoms with E-state index < -0.39 is 0 Å². The highest BCUT2D eigenvalue weighted by molar-refractivity contribution is 5.47. The minimum Gasteiger partial charge on any atom is -0.481 e. The number of hydrogen-bond donors (Lipinski definition) is 1. The van der Waals surface area contributed by atoms with E-state index >= 15 is 0 Å². The van der Waals surface area contributed by atoms with Gasteiger partial charge in [0, 0.05) is 6.54 Å². The van der Waals surface area contributed by atoms with Crippen molar-refractivity contribution in [3.63, 3.8) is 0 Å². The number of nitrogens with one attached hydrogen (secondary N) is 1. The lowest BCUT2D eigenvalue weighted by atomic mass is 10.0. The average Bonchev–Trinajstić information content (AvgIpc) is 2.39. The van der Waals surface area contributed by atoms with Gasteiger partial charge in [-0.3, -0.25) is 0 Å². The molecule has 1 rings (SSSR count). The molecule has 0 atom stereocenters. The van der Waals surface area contributed by atoms with Crippen molar-refractivity contribution in [1.29, 1.82) is 0 Å². The van der Waals surface area contributed by atoms with Crippen molar-refractivity contribution in [2.45, 2.75) is 52.9 Å². The maximum atomic E-state index is 5.18. The number of hydrogen-bond acceptors (Lipinski definition) is 4. The van der Waals surface area contributed by atoms with Crippen LogP contribution >= 0.6 is 0 Å². The maximum Gasteiger partial charge on any atom is 0.221 e. The van der Waals surface area contributed by atoms with E-state index in [2.05, 4.69) is 29.1 Å². The van der Waals surface area contributed by atoms with Crippen molar-refractivity contribution in [2.24, 2.45) is 5.92 Å². The average molecular weight is 265 g/mol. The fraction of sp³-hybridized carbons (Fsp3) is 0.733. The van der Waals surface area contributed by atoms with Gasteiger partial charge in [-0.15, -0.1) is 0 Å². The quantitative estimate of drug-likeness (QED) is 0.690. The molecule has 1 aromatic heterocycles. The number of rotatable bonds is 9. The Labute approximate surface area is 117 Å². The number of unbranched alkanes of at least 4 members (excludes halogenated alkanes) is 3. The van der Waals surface area contributed by atoms with Crippen molar-refractivity contribution in [2.75, 3.05) is 19.0 Å². The molecule has 0 spiro atoms. The Kier molecular flexibility index (Phi) is 7.23. The van der Waals surface area contributed by atoms with Crippen LogP contribution in [0.1, 0.15) is 51.5 Å². The van der Waals surface area contributed by atoms with Crippen LogP contribution in [0.5, 0.6) is 5.88 Å². The molecular formula is C15H27N3O. The molecule has 19 heavy (non-hydrogen) atoms. The Morgan fingerprint density at radius 1 is 1.16 bits per heavy atom. The van der Waals surface area contributed by atoms with Crippen LogP contribution in [-0.2, 0) is 0 Å². The highest BCUT2D eigenvalue weighted by Gasteiger charge is 2.05. The molecule has 0 bridgehead atoms. The lowest BCUT2D eigenvalue weighted by Crippen LogP contribution is -2.06. The standard InChI is InChI=1S/C15H27N3O/c1-12(2)9-7-5-6-8-10-16-14-13(3)15(19-4)18-11-17-14/h11-12H,5-10H2,1-4H3,(H,16,17,18). The molecule has 0 fully saturated rings. The molecule has 0 radical (unpaired) electrons. The van der Waals surface area contributed by atoms with Gasteiger partial charge in [0.1, 0.15) is 12.1 Å². The van der Waals surface area contributed by atoms with Gasteiger partial charge in [-0.25, -0.2) is 9.97 Å². The monoisotopic (exact) mass is 265 g/mol. The van der Waals surface area contributed by atoms with Gasteiger partial charge in [0.15, 0.2) is 0 Å². The van der Waals surface area contributed by atoms with Crippen molar-refractivity contribution in [1.82, 2.24) is 9.97 Å². The first-order valence-electron chi connectivity index (χ1n) is 7.24. The van der Waals surface area contributed by atoms with Gasteiger partial charge < -0.3 is 10.1 Å². The normalized spacial score (nSPS) is 10.8. The van der Waals surface area contributed by atoms with Crippen LogP contribution < -0.4 is 10.1 Å². The highest BCUT2D eigenvalue weighted by atomic mass is 16.5. The Morgan fingerprint density at radius 3 is 2.58 bits per heavy atom. The van der Waals surface area contributed by atoms with Crippen LogP contribution in [0.25, 0.3) is 0 Å². The third-order valence-electron chi connectivity index (χ3n) is 3.23. The van der Waals surface area contributed by atoms with Crippen LogP contribution in [0.3, 0.4) is 0 Å². The van der Waals surface area contributed by atoms with Gasteiger partial charge in [0.05, 0.1) is 12.7 Å². The van der Waals surface area contributed by atoms with E-state index in [0.29, 0.717) is 5.88 Å². The molecule has 1 N–H and O–H groups in total. The third kappa shape index (κ3) is 5.90. The van der Waals surface area contributed by atoms with Gasteiger partial charge >= 0.3 is 0 Å². The van der Waals surface area contributed by atoms with Crippen molar-refractivity contribution in [3.05, 3.63) is 11.9 Å². The molecular weight excluding hydrogens is 238 g/mol. The van der Waals surface area contributed by atoms with Gasteiger partial charge in [0.25, 0.3) is 0 Å². The molecule has 108 valence electrons. The van der Waals surface area contributed by atoms with E-state index in [1.165, 1.54) is 38.4 Å². The van der Waals surface area contributed by atoms with E-state index in [1.54, 1.807) is 7.11 Å². The molecule has 4 heteroatoms. The number of anilines is 1. The summed E-state index contributed by atoms with van der Waals surface area (Å²) in [7, 11) is 1.63. The fourth-order valence-electron chi connectivity index (χ4n) is 2.06. The predicted molar refractivity (Wildman–Crippen MR) is 79.7 cm³/mol. The van der Waals surface area contributed by atoms with Gasteiger partial charge in [-0.2, -0.15) is 0 Å². The zero-order valence-electron chi connectivity index (χ0n) is 12.7. The highest BCUT2D eigenvalue weighted by Crippen LogP contribution is 2.19. The van der Waals surface area contributed by atoms with Crippen LogP contribution in [-0.4, -0.2) is 23.6 Å². The first-order chi connectivity index (χ1) is 9.15. The molecule has 0 saturated heterocycles. The van der Waals surface area contributed by atoms with Gasteiger partial charge in [0.2, 0.25) is 5.88 Å². The molecule has 1 aromatic rings. The summed E-state index contributed by atoms with van der Waals surface area (Å²) in [6.07, 6.45) is 8.02. The van der Waals surface area contributed by atoms with Crippen molar-refractivity contribution < 1.29 is 4.74 Å². The molecule has 0 aromatic carbocycles. The van der Waals surface area contributed by atoms with E-state index in [1.807, 2.05) is 6.92 Å². The molecule has 0 unspecified atom stereocenters. The van der Waals surface area contributed by atoms with Crippen molar-refractivity contribution >= 4 is 5.82 Å². The molecule has 0 aliphatic rings. The van der Waals surface area contributed by atoms with Crippen LogP contribution in [0.2, 0.25) is 0 Å². The second kappa shape index (κ2) is 8.73. The summed E-state index contributed by atoms with van der Waals surface area (Å²) in [6, 6.07) is 0. The van der Waals surface area contributed by atoms with E-state index in [0.717, 1.165) is 23.8 Å². The number of ether oxygens (including phenoxy) is 1. The summed E-state index contributed by atoms with van der Waals surface area (Å²) in [5.74, 6) is 2.36. The van der Waals surface area contributed by atoms with Crippen LogP contribution in [0.15, 0.2) is 6.33 Å². The zero-order valence-corrected chi connectivity index (χ0v) is 12.7. The summed E-state index contributed by atoms with van der Waals surface area (Å²) in [5, 5.41) is 3.36. The SMILES string of the molecule is COc1ncnc(NCCCCCCC(C)C)c1C. The molecule has 0 aliphatic heterocycles. The summed E-state index contributed by atoms with van der Waals surface area (Å²) < 4.78 is 5.18. The first kappa shape index (κ1) is 15.7. The smallest absolute Gasteiger partial charge is 0.221 e. The largest absolute Gasteiger partial charge is 0.481 e. The second-order valence-corrected chi connectivity index (χ2v) is 5.38. The summed E-state index contributed by atoms with van der Waals surface area (Å²) in [6.45, 7) is 7.51. The summed E-state index contributed by atoms with van der Waals surface area (Å²) >= 11 is 0. The Hall–Kier alpha value is -1.32. The number of nitrogens with zero attached hydrogens (tertiary/aromatic N) is 2. The molecule has 0 amide bonds. The minimum atomic E-state index is 0.648. The minimum absolute atomic E-state index is 0.648. The first-order valence-corrected chi connectivity index (χ1v) is 7.24. The number of aromatic nitrogens is 2. The van der Waals surface area contributed by atoms with Crippen LogP contribution in [0.4, 0.5) is 5.82 Å². The van der Waals surface area contributed by atoms with Gasteiger partial charge in [-0.1, -0.05) is 39.5 Å². The predicted octanol–water partition coefficient (Wildman–Crippen LogP) is 3.81. The van der Waals surface area contributed by atoms with E-state index in [9.17, 15) is 0 Å². The Morgan fingerprint density at radius 2 is 1.89 bits per heavy atom. The van der Waals surface area contributed by atoms with Crippen LogP contribution in [0, 0.1) is 12.8 Å². The Balaban J connectivity index is 2.19. The fourth-order valence-corrected chi connectivity index (χ4v) is 2.06. The summed E-state index contributed by atoms with van der Waals surface area (Å²) in [5.41, 5.74) is 0.977. The topological polar surface area (TPSA) is 47.0 Å². The summed E-state index contributed by atoms with van der Waals surface area (Å²) in [4.78, 5) is 8.31. The maximum absolute atomic E-state index is 5.18. The molecule has 0 saturated carbocycles. The van der Waals surface area contributed by atoms with E-state index in [-0.39, 0.29) is 0 Å². The molecule has 4 nitrogen and oxygen atoms in total.